The van der Waals surface area contributed by atoms with E-state index in [1.54, 1.807) is 41.3 Å². The highest BCUT2D eigenvalue weighted by Gasteiger charge is 2.76. The van der Waals surface area contributed by atoms with Crippen molar-refractivity contribution in [3.63, 3.8) is 0 Å². The molecule has 6 atom stereocenters. The fraction of sp³-hybridized carbons (Fsp3) is 0.356. The minimum absolute atomic E-state index is 0.00474. The van der Waals surface area contributed by atoms with Gasteiger partial charge in [-0.05, 0) is 70.3 Å². The minimum atomic E-state index is -2.16. The number of imide groups is 1. The van der Waals surface area contributed by atoms with Gasteiger partial charge in [-0.1, -0.05) is 90.7 Å². The number of aliphatic hydroxyl groups excluding tert-OH is 1. The fourth-order valence-corrected chi connectivity index (χ4v) is 11.6. The van der Waals surface area contributed by atoms with Crippen molar-refractivity contribution in [2.75, 3.05) is 85.6 Å². The molecule has 3 saturated heterocycles. The number of aliphatic hydroxyl groups is 1. The maximum Gasteiger partial charge on any atom is 0.421 e. The van der Waals surface area contributed by atoms with Gasteiger partial charge in [-0.25, -0.2) is 9.69 Å². The molecule has 0 aromatic heterocycles. The summed E-state index contributed by atoms with van der Waals surface area (Å²) in [6.07, 6.45) is -2.34. The standard InChI is InChI=1S/C59H58N4O15/c1-71-30-31-75-58(70)62-45-22-20-37(12-10-19-43(54(66)72-2)55(67)73-3)32-44(45)59(57(62)69)48(53(65)61-26-24-60(25-27-61)35-38-21-23-46-47(33-38)77-36-76-46)50-56(68)78-51(40-15-8-5-9-16-40)49(39-13-6-4-7-14-39)63(50)52(59)41-17-11-18-42(34-41)74-29-28-64/h4-9,11,13-18,20-23,32-34,43,48-52,64H,19,24-31,35-36H2,1-3H3/t48-,49-,50-,51+,52+,59-/m1/s1. The normalized spacial score (nSPS) is 22.3. The van der Waals surface area contributed by atoms with Crippen LogP contribution >= 0.6 is 0 Å². The first-order valence-electron chi connectivity index (χ1n) is 25.6. The molecule has 0 saturated carbocycles. The number of hydrogen-bond acceptors (Lipinski definition) is 17. The largest absolute Gasteiger partial charge is 0.491 e. The van der Waals surface area contributed by atoms with Crippen molar-refractivity contribution in [2.45, 2.75) is 42.6 Å². The number of hydrogen-bond donors (Lipinski definition) is 1. The molecular weight excluding hydrogens is 1000 g/mol. The lowest BCUT2D eigenvalue weighted by molar-refractivity contribution is -0.179. The summed E-state index contributed by atoms with van der Waals surface area (Å²) in [5, 5.41) is 9.90. The van der Waals surface area contributed by atoms with E-state index in [9.17, 15) is 19.5 Å². The molecule has 5 heterocycles. The fourth-order valence-electron chi connectivity index (χ4n) is 11.6. The van der Waals surface area contributed by atoms with E-state index < -0.39 is 77.3 Å². The summed E-state index contributed by atoms with van der Waals surface area (Å²) in [5.41, 5.74) is 1.14. The van der Waals surface area contributed by atoms with E-state index in [-0.39, 0.29) is 69.5 Å². The highest BCUT2D eigenvalue weighted by atomic mass is 16.7. The first-order chi connectivity index (χ1) is 38.0. The SMILES string of the molecule is COCCOC(=O)N1C(=O)[C@@]2(c3cc(C#CCC(C(=O)OC)C(=O)OC)ccc31)[C@H](c1cccc(OCCO)c1)N1[C@H](c3ccccc3)[C@H](c3ccccc3)OC(=O)[C@H]1[C@@H]2C(=O)N1CCN(Cc2ccc3c(c2)OCO3)CC1. The van der Waals surface area contributed by atoms with Gasteiger partial charge in [0.05, 0.1) is 51.1 Å². The summed E-state index contributed by atoms with van der Waals surface area (Å²) in [6.45, 7) is 1.35. The van der Waals surface area contributed by atoms with Gasteiger partial charge >= 0.3 is 24.0 Å². The van der Waals surface area contributed by atoms with E-state index >= 15 is 14.4 Å². The number of carbonyl (C=O) groups is 6. The average molecular weight is 1060 g/mol. The molecule has 5 aromatic carbocycles. The molecule has 0 bridgehead atoms. The van der Waals surface area contributed by atoms with Crippen molar-refractivity contribution in [3.8, 4) is 29.1 Å². The van der Waals surface area contributed by atoms with E-state index in [2.05, 4.69) is 16.7 Å². The average Bonchev–Trinajstić information content (AvgIpc) is 2.71. The number of nitrogens with zero attached hydrogens (tertiary/aromatic N) is 4. The van der Waals surface area contributed by atoms with E-state index in [1.807, 2.05) is 83.8 Å². The Balaban J connectivity index is 1.19. The number of carbonyl (C=O) groups excluding carboxylic acids is 6. The van der Waals surface area contributed by atoms with Crippen molar-refractivity contribution in [3.05, 3.63) is 155 Å². The Kier molecular flexibility index (Phi) is 15.8. The third kappa shape index (κ3) is 9.88. The molecule has 5 aliphatic heterocycles. The van der Waals surface area contributed by atoms with Crippen LogP contribution in [0.5, 0.6) is 17.2 Å². The third-order valence-corrected chi connectivity index (χ3v) is 15.0. The number of piperazine rings is 1. The number of morpholine rings is 1. The van der Waals surface area contributed by atoms with Gasteiger partial charge in [0.1, 0.15) is 36.5 Å². The predicted molar refractivity (Wildman–Crippen MR) is 278 cm³/mol. The van der Waals surface area contributed by atoms with Gasteiger partial charge in [0.15, 0.2) is 17.4 Å². The molecule has 78 heavy (non-hydrogen) atoms. The molecule has 3 amide bonds. The van der Waals surface area contributed by atoms with Gasteiger partial charge in [0.2, 0.25) is 18.6 Å². The number of anilines is 1. The van der Waals surface area contributed by atoms with Gasteiger partial charge in [-0.3, -0.25) is 33.8 Å². The van der Waals surface area contributed by atoms with Gasteiger partial charge in [-0.2, -0.15) is 0 Å². The minimum Gasteiger partial charge on any atom is -0.491 e. The number of fused-ring (bicyclic) bond motifs is 4. The van der Waals surface area contributed by atoms with Crippen LogP contribution in [0.1, 0.15) is 58.0 Å². The molecule has 0 aliphatic carbocycles. The highest BCUT2D eigenvalue weighted by Crippen LogP contribution is 2.66. The van der Waals surface area contributed by atoms with Crippen LogP contribution in [0.25, 0.3) is 0 Å². The Morgan fingerprint density at radius 3 is 2.15 bits per heavy atom. The van der Waals surface area contributed by atoms with Gasteiger partial charge in [0, 0.05) is 51.8 Å². The molecule has 5 aliphatic rings. The predicted octanol–water partition coefficient (Wildman–Crippen LogP) is 5.28. The van der Waals surface area contributed by atoms with Gasteiger partial charge in [0.25, 0.3) is 0 Å². The van der Waals surface area contributed by atoms with E-state index in [4.69, 9.17) is 37.9 Å². The number of benzene rings is 5. The van der Waals surface area contributed by atoms with Crippen LogP contribution in [0, 0.1) is 23.7 Å². The van der Waals surface area contributed by atoms with Crippen LogP contribution < -0.4 is 19.1 Å². The maximum absolute atomic E-state index is 16.7. The first kappa shape index (κ1) is 53.1. The Morgan fingerprint density at radius 1 is 0.744 bits per heavy atom. The zero-order valence-corrected chi connectivity index (χ0v) is 43.2. The zero-order chi connectivity index (χ0) is 54.5. The summed E-state index contributed by atoms with van der Waals surface area (Å²) in [5.74, 6) is 0.779. The van der Waals surface area contributed by atoms with Gasteiger partial charge in [-0.15, -0.1) is 0 Å². The second kappa shape index (κ2) is 23.1. The Hall–Kier alpha value is -8.28. The second-order valence-electron chi connectivity index (χ2n) is 19.3. The molecule has 10 rings (SSSR count). The summed E-state index contributed by atoms with van der Waals surface area (Å²) in [6, 6.07) is 32.5. The molecular formula is C59H58N4O15. The van der Waals surface area contributed by atoms with Crippen LogP contribution in [0.4, 0.5) is 10.5 Å². The monoisotopic (exact) mass is 1060 g/mol. The lowest BCUT2D eigenvalue weighted by Crippen LogP contribution is -2.59. The molecule has 1 N–H and O–H groups in total. The molecule has 1 spiro atoms. The van der Waals surface area contributed by atoms with Crippen molar-refractivity contribution < 1.29 is 71.8 Å². The summed E-state index contributed by atoms with van der Waals surface area (Å²) >= 11 is 0. The van der Waals surface area contributed by atoms with Crippen LogP contribution in [0.3, 0.4) is 0 Å². The summed E-state index contributed by atoms with van der Waals surface area (Å²) < 4.78 is 44.6. The molecule has 0 radical (unpaired) electrons. The van der Waals surface area contributed by atoms with E-state index in [0.29, 0.717) is 53.6 Å². The van der Waals surface area contributed by atoms with Crippen LogP contribution in [-0.2, 0) is 59.6 Å². The maximum atomic E-state index is 16.7. The molecule has 0 unspecified atom stereocenters. The lowest BCUT2D eigenvalue weighted by Gasteiger charge is -2.46. The molecule has 19 heteroatoms. The van der Waals surface area contributed by atoms with Crippen molar-refractivity contribution in [1.82, 2.24) is 14.7 Å². The van der Waals surface area contributed by atoms with Crippen LogP contribution in [0.15, 0.2) is 121 Å². The Morgan fingerprint density at radius 2 is 1.45 bits per heavy atom. The Labute approximate surface area is 450 Å². The van der Waals surface area contributed by atoms with Crippen molar-refractivity contribution in [2.24, 2.45) is 11.8 Å². The zero-order valence-electron chi connectivity index (χ0n) is 43.2. The smallest absolute Gasteiger partial charge is 0.421 e. The number of rotatable bonds is 15. The highest BCUT2D eigenvalue weighted by molar-refractivity contribution is 6.23. The molecule has 3 fully saturated rings. The number of methoxy groups -OCH3 is 3. The quantitative estimate of drug-likeness (QED) is 0.0465. The topological polar surface area (TPSA) is 209 Å². The van der Waals surface area contributed by atoms with Gasteiger partial charge < -0.3 is 47.9 Å². The number of cyclic esters (lactones) is 1. The number of esters is 3. The Bertz CT molecular complexity index is 3120. The van der Waals surface area contributed by atoms with Crippen LogP contribution in [0.2, 0.25) is 0 Å². The third-order valence-electron chi connectivity index (χ3n) is 15.0. The van der Waals surface area contributed by atoms with Crippen LogP contribution in [-0.4, -0.2) is 142 Å². The molecule has 19 nitrogen and oxygen atoms in total. The number of ether oxygens (including phenoxy) is 8. The molecule has 404 valence electrons. The molecule has 5 aromatic rings. The first-order valence-corrected chi connectivity index (χ1v) is 25.6. The van der Waals surface area contributed by atoms with E-state index in [0.717, 1.165) is 24.7 Å². The summed E-state index contributed by atoms with van der Waals surface area (Å²) in [7, 11) is 3.73. The van der Waals surface area contributed by atoms with Crippen molar-refractivity contribution >= 4 is 41.5 Å². The lowest BCUT2D eigenvalue weighted by atomic mass is 9.64. The van der Waals surface area contributed by atoms with Crippen molar-refractivity contribution in [1.29, 1.82) is 0 Å². The second-order valence-corrected chi connectivity index (χ2v) is 19.3. The number of amides is 3. The van der Waals surface area contributed by atoms with E-state index in [1.165, 1.54) is 13.2 Å². The summed E-state index contributed by atoms with van der Waals surface area (Å²) in [4.78, 5) is 95.8.